The number of aryl methyl sites for hydroxylation is 1. The molecule has 1 aliphatic heterocycles. The molecule has 3 aromatic rings. The van der Waals surface area contributed by atoms with Crippen molar-refractivity contribution in [2.45, 2.75) is 13.5 Å². The smallest absolute Gasteiger partial charge is 0.254 e. The van der Waals surface area contributed by atoms with Crippen LogP contribution in [0.25, 0.3) is 11.1 Å². The Balaban J connectivity index is 1.60. The number of fused-ring (bicyclic) bond motifs is 1. The van der Waals surface area contributed by atoms with E-state index in [-0.39, 0.29) is 12.7 Å². The maximum absolute atomic E-state index is 12.9. The van der Waals surface area contributed by atoms with Crippen molar-refractivity contribution in [2.24, 2.45) is 0 Å². The lowest BCUT2D eigenvalue weighted by Crippen LogP contribution is -2.27. The van der Waals surface area contributed by atoms with Gasteiger partial charge in [0.1, 0.15) is 5.82 Å². The molecular formula is C20H18N4O3. The summed E-state index contributed by atoms with van der Waals surface area (Å²) >= 11 is 0. The van der Waals surface area contributed by atoms with Crippen LogP contribution in [0.1, 0.15) is 21.9 Å². The lowest BCUT2D eigenvalue weighted by atomic mass is 10.1. The number of amides is 1. The van der Waals surface area contributed by atoms with E-state index < -0.39 is 0 Å². The number of hydrogen-bond acceptors (Lipinski definition) is 6. The number of pyridine rings is 1. The summed E-state index contributed by atoms with van der Waals surface area (Å²) in [4.78, 5) is 27.4. The minimum atomic E-state index is -0.120. The molecule has 136 valence electrons. The molecule has 1 aliphatic rings. The molecule has 0 aliphatic carbocycles. The van der Waals surface area contributed by atoms with E-state index in [9.17, 15) is 4.79 Å². The molecule has 2 aromatic heterocycles. The molecule has 0 saturated heterocycles. The zero-order chi connectivity index (χ0) is 18.8. The van der Waals surface area contributed by atoms with Gasteiger partial charge in [0.25, 0.3) is 5.91 Å². The number of carbonyl (C=O) groups excluding carboxylic acids is 1. The van der Waals surface area contributed by atoms with Crippen molar-refractivity contribution in [1.29, 1.82) is 0 Å². The second-order valence-electron chi connectivity index (χ2n) is 6.24. The average molecular weight is 362 g/mol. The van der Waals surface area contributed by atoms with Gasteiger partial charge in [-0.25, -0.2) is 9.97 Å². The van der Waals surface area contributed by atoms with Crippen LogP contribution in [0.15, 0.2) is 48.9 Å². The van der Waals surface area contributed by atoms with E-state index in [0.717, 1.165) is 16.8 Å². The van der Waals surface area contributed by atoms with E-state index >= 15 is 0 Å². The van der Waals surface area contributed by atoms with Crippen LogP contribution < -0.4 is 9.47 Å². The maximum atomic E-state index is 12.9. The molecule has 0 unspecified atom stereocenters. The number of aromatic nitrogens is 3. The van der Waals surface area contributed by atoms with Crippen LogP contribution >= 0.6 is 0 Å². The van der Waals surface area contributed by atoms with E-state index in [1.54, 1.807) is 48.7 Å². The molecule has 7 heteroatoms. The highest BCUT2D eigenvalue weighted by Gasteiger charge is 2.20. The van der Waals surface area contributed by atoms with Gasteiger partial charge in [-0.05, 0) is 42.8 Å². The third kappa shape index (κ3) is 3.44. The fraction of sp³-hybridized carbons (Fsp3) is 0.200. The van der Waals surface area contributed by atoms with Gasteiger partial charge in [0.2, 0.25) is 6.79 Å². The highest BCUT2D eigenvalue weighted by Crippen LogP contribution is 2.33. The number of nitrogens with zero attached hydrogens (tertiary/aromatic N) is 4. The van der Waals surface area contributed by atoms with Gasteiger partial charge in [-0.15, -0.1) is 0 Å². The molecule has 0 N–H and O–H groups in total. The molecule has 0 fully saturated rings. The van der Waals surface area contributed by atoms with Gasteiger partial charge < -0.3 is 14.4 Å². The average Bonchev–Trinajstić information content (AvgIpc) is 3.16. The molecule has 3 heterocycles. The minimum Gasteiger partial charge on any atom is -0.454 e. The molecule has 1 amide bonds. The largest absolute Gasteiger partial charge is 0.454 e. The molecule has 0 bridgehead atoms. The van der Waals surface area contributed by atoms with Gasteiger partial charge in [0.15, 0.2) is 11.5 Å². The van der Waals surface area contributed by atoms with E-state index in [0.29, 0.717) is 29.4 Å². The van der Waals surface area contributed by atoms with Crippen LogP contribution in [0.4, 0.5) is 0 Å². The van der Waals surface area contributed by atoms with Gasteiger partial charge in [-0.1, -0.05) is 0 Å². The van der Waals surface area contributed by atoms with Gasteiger partial charge in [-0.2, -0.15) is 0 Å². The second kappa shape index (κ2) is 7.03. The number of benzene rings is 1. The van der Waals surface area contributed by atoms with Crippen molar-refractivity contribution in [3.8, 4) is 22.6 Å². The fourth-order valence-electron chi connectivity index (χ4n) is 2.96. The number of hydrogen-bond donors (Lipinski definition) is 0. The summed E-state index contributed by atoms with van der Waals surface area (Å²) in [5.41, 5.74) is 3.17. The van der Waals surface area contributed by atoms with Crippen molar-refractivity contribution in [1.82, 2.24) is 19.9 Å². The Labute approximate surface area is 156 Å². The summed E-state index contributed by atoms with van der Waals surface area (Å²) in [6, 6.07) is 8.99. The first-order valence-electron chi connectivity index (χ1n) is 8.50. The Kier molecular flexibility index (Phi) is 4.42. The SMILES string of the molecule is Cc1ncc(-c2ccncc2)c(CN(C)C(=O)c2ccc3c(c2)OCO3)n1. The first-order chi connectivity index (χ1) is 13.1. The molecule has 0 radical (unpaired) electrons. The molecule has 0 saturated carbocycles. The van der Waals surface area contributed by atoms with Gasteiger partial charge in [0, 0.05) is 36.8 Å². The van der Waals surface area contributed by atoms with E-state index in [2.05, 4.69) is 15.0 Å². The summed E-state index contributed by atoms with van der Waals surface area (Å²) in [6.45, 7) is 2.37. The third-order valence-corrected chi connectivity index (χ3v) is 4.33. The topological polar surface area (TPSA) is 77.4 Å². The van der Waals surface area contributed by atoms with Gasteiger partial charge in [-0.3, -0.25) is 9.78 Å². The van der Waals surface area contributed by atoms with Gasteiger partial charge >= 0.3 is 0 Å². The number of ether oxygens (including phenoxy) is 2. The highest BCUT2D eigenvalue weighted by molar-refractivity contribution is 5.94. The lowest BCUT2D eigenvalue weighted by Gasteiger charge is -2.19. The summed E-state index contributed by atoms with van der Waals surface area (Å²) in [7, 11) is 1.75. The predicted molar refractivity (Wildman–Crippen MR) is 98.4 cm³/mol. The van der Waals surface area contributed by atoms with Crippen molar-refractivity contribution in [3.05, 3.63) is 66.0 Å². The summed E-state index contributed by atoms with van der Waals surface area (Å²) in [6.07, 6.45) is 5.23. The maximum Gasteiger partial charge on any atom is 0.254 e. The first kappa shape index (κ1) is 17.0. The Morgan fingerprint density at radius 3 is 2.74 bits per heavy atom. The number of rotatable bonds is 4. The molecule has 4 rings (SSSR count). The fourth-order valence-corrected chi connectivity index (χ4v) is 2.96. The Hall–Kier alpha value is -3.48. The van der Waals surface area contributed by atoms with Crippen molar-refractivity contribution >= 4 is 5.91 Å². The van der Waals surface area contributed by atoms with Crippen molar-refractivity contribution < 1.29 is 14.3 Å². The van der Waals surface area contributed by atoms with Crippen LogP contribution in [0.5, 0.6) is 11.5 Å². The standard InChI is InChI=1S/C20H18N4O3/c1-13-22-10-16(14-5-7-21-8-6-14)17(23-13)11-24(2)20(25)15-3-4-18-19(9-15)27-12-26-18/h3-10H,11-12H2,1-2H3. The Morgan fingerprint density at radius 1 is 1.15 bits per heavy atom. The number of carbonyl (C=O) groups is 1. The van der Waals surface area contributed by atoms with Crippen molar-refractivity contribution in [3.63, 3.8) is 0 Å². The van der Waals surface area contributed by atoms with Crippen LogP contribution in [-0.4, -0.2) is 39.6 Å². The van der Waals surface area contributed by atoms with E-state index in [4.69, 9.17) is 9.47 Å². The summed E-state index contributed by atoms with van der Waals surface area (Å²) in [5.74, 6) is 1.78. The first-order valence-corrected chi connectivity index (χ1v) is 8.50. The van der Waals surface area contributed by atoms with Crippen LogP contribution in [0.2, 0.25) is 0 Å². The molecular weight excluding hydrogens is 344 g/mol. The summed E-state index contributed by atoms with van der Waals surface area (Å²) in [5, 5.41) is 0. The van der Waals surface area contributed by atoms with Crippen LogP contribution in [0, 0.1) is 6.92 Å². The predicted octanol–water partition coefficient (Wildman–Crippen LogP) is 2.85. The van der Waals surface area contributed by atoms with Gasteiger partial charge in [0.05, 0.1) is 12.2 Å². The minimum absolute atomic E-state index is 0.120. The Morgan fingerprint density at radius 2 is 1.93 bits per heavy atom. The summed E-state index contributed by atoms with van der Waals surface area (Å²) < 4.78 is 10.7. The molecule has 0 atom stereocenters. The molecule has 0 spiro atoms. The molecule has 27 heavy (non-hydrogen) atoms. The monoisotopic (exact) mass is 362 g/mol. The second-order valence-corrected chi connectivity index (χ2v) is 6.24. The quantitative estimate of drug-likeness (QED) is 0.710. The molecule has 7 nitrogen and oxygen atoms in total. The third-order valence-electron chi connectivity index (χ3n) is 4.33. The highest BCUT2D eigenvalue weighted by atomic mass is 16.7. The molecule has 1 aromatic carbocycles. The zero-order valence-electron chi connectivity index (χ0n) is 15.0. The lowest BCUT2D eigenvalue weighted by molar-refractivity contribution is 0.0783. The van der Waals surface area contributed by atoms with Crippen LogP contribution in [0.3, 0.4) is 0 Å². The Bertz CT molecular complexity index is 992. The zero-order valence-corrected chi connectivity index (χ0v) is 15.0. The van der Waals surface area contributed by atoms with Crippen LogP contribution in [-0.2, 0) is 6.54 Å². The normalized spacial score (nSPS) is 12.1. The van der Waals surface area contributed by atoms with E-state index in [1.807, 2.05) is 19.1 Å². The van der Waals surface area contributed by atoms with Crippen molar-refractivity contribution in [2.75, 3.05) is 13.8 Å². The van der Waals surface area contributed by atoms with E-state index in [1.165, 1.54) is 0 Å².